The molecule has 1 aromatic rings. The Labute approximate surface area is 87.9 Å². The normalized spacial score (nSPS) is 9.43. The SMILES string of the molecule is CSc1ccc(C(=O)CCC#N)cc1. The van der Waals surface area contributed by atoms with Crippen LogP contribution >= 0.6 is 11.8 Å². The van der Waals surface area contributed by atoms with E-state index in [1.807, 2.05) is 36.6 Å². The summed E-state index contributed by atoms with van der Waals surface area (Å²) >= 11 is 1.64. The van der Waals surface area contributed by atoms with E-state index in [2.05, 4.69) is 0 Å². The second-order valence-corrected chi connectivity index (χ2v) is 3.69. The number of thioether (sulfide) groups is 1. The van der Waals surface area contributed by atoms with Crippen LogP contribution in [0.25, 0.3) is 0 Å². The first kappa shape index (κ1) is 10.8. The lowest BCUT2D eigenvalue weighted by Crippen LogP contribution is -1.97. The number of Topliss-reactive ketones (excluding diaryl/α,β-unsaturated/α-hetero) is 1. The fourth-order valence-corrected chi connectivity index (χ4v) is 1.50. The van der Waals surface area contributed by atoms with E-state index >= 15 is 0 Å². The van der Waals surface area contributed by atoms with Crippen LogP contribution in [0.1, 0.15) is 23.2 Å². The van der Waals surface area contributed by atoms with Crippen molar-refractivity contribution in [1.82, 2.24) is 0 Å². The summed E-state index contributed by atoms with van der Waals surface area (Å²) in [6.45, 7) is 0. The summed E-state index contributed by atoms with van der Waals surface area (Å²) in [5, 5.41) is 8.34. The average molecular weight is 205 g/mol. The molecule has 0 bridgehead atoms. The molecule has 0 aromatic heterocycles. The summed E-state index contributed by atoms with van der Waals surface area (Å²) in [7, 11) is 0. The predicted octanol–water partition coefficient (Wildman–Crippen LogP) is 2.89. The maximum atomic E-state index is 11.4. The van der Waals surface area contributed by atoms with Gasteiger partial charge < -0.3 is 0 Å². The Hall–Kier alpha value is -1.27. The second kappa shape index (κ2) is 5.46. The van der Waals surface area contributed by atoms with E-state index in [1.165, 1.54) is 0 Å². The standard InChI is InChI=1S/C11H11NOS/c1-14-10-6-4-9(5-7-10)11(13)3-2-8-12/h4-7H,2-3H2,1H3. The van der Waals surface area contributed by atoms with Crippen molar-refractivity contribution in [2.24, 2.45) is 0 Å². The maximum absolute atomic E-state index is 11.4. The number of ketones is 1. The molecule has 0 saturated carbocycles. The van der Waals surface area contributed by atoms with Gasteiger partial charge in [-0.15, -0.1) is 11.8 Å². The van der Waals surface area contributed by atoms with Gasteiger partial charge in [-0.05, 0) is 18.4 Å². The van der Waals surface area contributed by atoms with Crippen LogP contribution in [0.15, 0.2) is 29.2 Å². The summed E-state index contributed by atoms with van der Waals surface area (Å²) in [6.07, 6.45) is 2.60. The van der Waals surface area contributed by atoms with E-state index in [4.69, 9.17) is 5.26 Å². The van der Waals surface area contributed by atoms with Gasteiger partial charge in [0.25, 0.3) is 0 Å². The van der Waals surface area contributed by atoms with Crippen molar-refractivity contribution >= 4 is 17.5 Å². The third kappa shape index (κ3) is 2.90. The minimum atomic E-state index is 0.0409. The third-order valence-electron chi connectivity index (χ3n) is 1.88. The lowest BCUT2D eigenvalue weighted by molar-refractivity contribution is 0.0984. The maximum Gasteiger partial charge on any atom is 0.163 e. The molecule has 1 rings (SSSR count). The summed E-state index contributed by atoms with van der Waals surface area (Å²) in [5.41, 5.74) is 0.693. The smallest absolute Gasteiger partial charge is 0.163 e. The molecular formula is C11H11NOS. The zero-order chi connectivity index (χ0) is 10.4. The fraction of sp³-hybridized carbons (Fsp3) is 0.273. The number of hydrogen-bond acceptors (Lipinski definition) is 3. The van der Waals surface area contributed by atoms with Gasteiger partial charge in [0, 0.05) is 23.3 Å². The quantitative estimate of drug-likeness (QED) is 0.560. The highest BCUT2D eigenvalue weighted by molar-refractivity contribution is 7.98. The zero-order valence-corrected chi connectivity index (χ0v) is 8.80. The van der Waals surface area contributed by atoms with Gasteiger partial charge in [-0.25, -0.2) is 0 Å². The average Bonchev–Trinajstić information content (AvgIpc) is 2.26. The van der Waals surface area contributed by atoms with Gasteiger partial charge in [0.1, 0.15) is 0 Å². The van der Waals surface area contributed by atoms with Crippen LogP contribution in [0.3, 0.4) is 0 Å². The molecule has 0 fully saturated rings. The Balaban J connectivity index is 2.67. The van der Waals surface area contributed by atoms with E-state index in [0.29, 0.717) is 18.4 Å². The number of hydrogen-bond donors (Lipinski definition) is 0. The first-order valence-corrected chi connectivity index (χ1v) is 5.54. The highest BCUT2D eigenvalue weighted by atomic mass is 32.2. The molecule has 72 valence electrons. The molecule has 14 heavy (non-hydrogen) atoms. The van der Waals surface area contributed by atoms with Crippen molar-refractivity contribution in [1.29, 1.82) is 5.26 Å². The molecule has 0 aliphatic carbocycles. The third-order valence-corrected chi connectivity index (χ3v) is 2.62. The number of benzene rings is 1. The molecule has 0 spiro atoms. The molecular weight excluding hydrogens is 194 g/mol. The largest absolute Gasteiger partial charge is 0.294 e. The fourth-order valence-electron chi connectivity index (χ4n) is 1.09. The number of nitriles is 1. The monoisotopic (exact) mass is 205 g/mol. The number of carbonyl (C=O) groups excluding carboxylic acids is 1. The Morgan fingerprint density at radius 2 is 2.07 bits per heavy atom. The van der Waals surface area contributed by atoms with Crippen LogP contribution in [0.4, 0.5) is 0 Å². The van der Waals surface area contributed by atoms with Crippen LogP contribution in [0, 0.1) is 11.3 Å². The number of carbonyl (C=O) groups is 1. The molecule has 0 heterocycles. The van der Waals surface area contributed by atoms with Crippen molar-refractivity contribution in [2.75, 3.05) is 6.26 Å². The number of nitrogens with zero attached hydrogens (tertiary/aromatic N) is 1. The second-order valence-electron chi connectivity index (χ2n) is 2.81. The van der Waals surface area contributed by atoms with Crippen LogP contribution in [0.2, 0.25) is 0 Å². The minimum Gasteiger partial charge on any atom is -0.294 e. The van der Waals surface area contributed by atoms with Gasteiger partial charge in [-0.3, -0.25) is 4.79 Å². The Kier molecular flexibility index (Phi) is 4.21. The zero-order valence-electron chi connectivity index (χ0n) is 7.99. The van der Waals surface area contributed by atoms with Gasteiger partial charge in [0.05, 0.1) is 6.07 Å². The first-order valence-electron chi connectivity index (χ1n) is 4.32. The van der Waals surface area contributed by atoms with Crippen molar-refractivity contribution in [3.05, 3.63) is 29.8 Å². The molecule has 0 N–H and O–H groups in total. The van der Waals surface area contributed by atoms with E-state index in [0.717, 1.165) is 4.90 Å². The molecule has 0 amide bonds. The molecule has 2 nitrogen and oxygen atoms in total. The number of rotatable bonds is 4. The van der Waals surface area contributed by atoms with Gasteiger partial charge in [-0.2, -0.15) is 5.26 Å². The van der Waals surface area contributed by atoms with Crippen LogP contribution in [-0.2, 0) is 0 Å². The summed E-state index contributed by atoms with van der Waals surface area (Å²) in [5.74, 6) is 0.0409. The van der Waals surface area contributed by atoms with Crippen LogP contribution < -0.4 is 0 Å². The van der Waals surface area contributed by atoms with Crippen molar-refractivity contribution in [3.8, 4) is 6.07 Å². The summed E-state index contributed by atoms with van der Waals surface area (Å²) in [4.78, 5) is 12.6. The predicted molar refractivity (Wildman–Crippen MR) is 57.4 cm³/mol. The molecule has 0 saturated heterocycles. The van der Waals surface area contributed by atoms with Gasteiger partial charge in [-0.1, -0.05) is 12.1 Å². The van der Waals surface area contributed by atoms with E-state index < -0.39 is 0 Å². The molecule has 0 radical (unpaired) electrons. The van der Waals surface area contributed by atoms with Crippen LogP contribution in [-0.4, -0.2) is 12.0 Å². The first-order chi connectivity index (χ1) is 6.77. The van der Waals surface area contributed by atoms with Crippen LogP contribution in [0.5, 0.6) is 0 Å². The Morgan fingerprint density at radius 3 is 2.57 bits per heavy atom. The van der Waals surface area contributed by atoms with E-state index in [-0.39, 0.29) is 5.78 Å². The molecule has 0 atom stereocenters. The molecule has 0 unspecified atom stereocenters. The molecule has 0 aliphatic heterocycles. The highest BCUT2D eigenvalue weighted by Crippen LogP contribution is 2.15. The Bertz CT molecular complexity index is 351. The van der Waals surface area contributed by atoms with Gasteiger partial charge in [0.15, 0.2) is 5.78 Å². The van der Waals surface area contributed by atoms with E-state index in [1.54, 1.807) is 11.8 Å². The van der Waals surface area contributed by atoms with Crippen molar-refractivity contribution in [2.45, 2.75) is 17.7 Å². The lowest BCUT2D eigenvalue weighted by atomic mass is 10.1. The Morgan fingerprint density at radius 1 is 1.43 bits per heavy atom. The summed E-state index contributed by atoms with van der Waals surface area (Å²) < 4.78 is 0. The lowest BCUT2D eigenvalue weighted by Gasteiger charge is -1.99. The van der Waals surface area contributed by atoms with E-state index in [9.17, 15) is 4.79 Å². The molecule has 3 heteroatoms. The topological polar surface area (TPSA) is 40.9 Å². The van der Waals surface area contributed by atoms with Gasteiger partial charge in [0.2, 0.25) is 0 Å². The van der Waals surface area contributed by atoms with Crippen molar-refractivity contribution < 1.29 is 4.79 Å². The summed E-state index contributed by atoms with van der Waals surface area (Å²) in [6, 6.07) is 9.43. The molecule has 1 aromatic carbocycles. The molecule has 0 aliphatic rings. The highest BCUT2D eigenvalue weighted by Gasteiger charge is 2.04. The minimum absolute atomic E-state index is 0.0409. The van der Waals surface area contributed by atoms with Crippen molar-refractivity contribution in [3.63, 3.8) is 0 Å². The van der Waals surface area contributed by atoms with Gasteiger partial charge >= 0.3 is 0 Å².